The Hall–Kier alpha value is -6.50. The van der Waals surface area contributed by atoms with Gasteiger partial charge in [-0.2, -0.15) is 12.6 Å². The molecule has 414 valence electrons. The van der Waals surface area contributed by atoms with Crippen molar-refractivity contribution in [2.24, 2.45) is 34.8 Å². The maximum Gasteiger partial charge on any atom is 0.305 e. The fourth-order valence-electron chi connectivity index (χ4n) is 6.51. The number of carbonyl (C=O) groups excluding carboxylic acids is 12. The second-order valence-corrected chi connectivity index (χ2v) is 17.9. The van der Waals surface area contributed by atoms with Crippen LogP contribution >= 0.6 is 12.6 Å². The van der Waals surface area contributed by atoms with Gasteiger partial charge in [0.15, 0.2) is 0 Å². The zero-order valence-electron chi connectivity index (χ0n) is 41.6. The lowest BCUT2D eigenvalue weighted by atomic mass is 9.96. The van der Waals surface area contributed by atoms with Crippen LogP contribution in [0.2, 0.25) is 0 Å². The van der Waals surface area contributed by atoms with Crippen molar-refractivity contribution < 1.29 is 77.6 Å². The molecule has 0 saturated carbocycles. The van der Waals surface area contributed by atoms with Crippen molar-refractivity contribution in [3.8, 4) is 0 Å². The van der Waals surface area contributed by atoms with Crippen LogP contribution in [0.5, 0.6) is 0 Å². The molecule has 0 fully saturated rings. The predicted molar refractivity (Wildman–Crippen MR) is 261 cm³/mol. The van der Waals surface area contributed by atoms with Gasteiger partial charge < -0.3 is 90.9 Å². The molecule has 0 aromatic rings. The molecule has 11 atom stereocenters. The normalized spacial score (nSPS) is 15.5. The maximum absolute atomic E-state index is 14.0. The van der Waals surface area contributed by atoms with Crippen molar-refractivity contribution in [1.29, 1.82) is 0 Å². The summed E-state index contributed by atoms with van der Waals surface area (Å²) in [6.45, 7) is 6.09. The first-order valence-corrected chi connectivity index (χ1v) is 24.1. The van der Waals surface area contributed by atoms with E-state index < -0.39 is 170 Å². The van der Waals surface area contributed by atoms with Gasteiger partial charge in [0.2, 0.25) is 65.0 Å². The fourth-order valence-corrected chi connectivity index (χ4v) is 6.68. The van der Waals surface area contributed by atoms with Crippen LogP contribution in [0.3, 0.4) is 0 Å². The SMILES string of the molecule is CC[C@H](C)[C@H](NC(=O)[C@H](CCCCN)NC(=O)[C@H](C)NC(=O)[C@H](CC(N)=O)NC(=O)[C@H](CO)NC(=O)[C@H](CO)NC(=O)[C@@H](N)CS)C(=O)N[C@@H](CC(=O)O)C(=O)N[C@@H](CCC(N)=O)C(=O)N[C@H](C=O)CC(C)C. The number of carbonyl (C=O) groups is 13. The van der Waals surface area contributed by atoms with Gasteiger partial charge in [0, 0.05) is 12.2 Å². The number of aliphatic hydroxyl groups excluding tert-OH is 2. The fraction of sp³-hybridized carbons (Fsp3) is 0.698. The smallest absolute Gasteiger partial charge is 0.305 e. The molecule has 0 spiro atoms. The van der Waals surface area contributed by atoms with Gasteiger partial charge in [-0.3, -0.25) is 57.5 Å². The third-order valence-electron chi connectivity index (χ3n) is 10.9. The van der Waals surface area contributed by atoms with Crippen LogP contribution in [0.4, 0.5) is 0 Å². The lowest BCUT2D eigenvalue weighted by molar-refractivity contribution is -0.141. The molecule has 0 rings (SSSR count). The van der Waals surface area contributed by atoms with Gasteiger partial charge in [0.1, 0.15) is 54.6 Å². The Labute approximate surface area is 427 Å². The Kier molecular flexibility index (Phi) is 31.7. The molecule has 0 aliphatic heterocycles. The number of hydrogen-bond donors (Lipinski definition) is 17. The van der Waals surface area contributed by atoms with E-state index in [0.717, 1.165) is 0 Å². The first kappa shape index (κ1) is 66.5. The van der Waals surface area contributed by atoms with Crippen molar-refractivity contribution in [2.75, 3.05) is 25.5 Å². The van der Waals surface area contributed by atoms with Crippen LogP contribution in [0, 0.1) is 11.8 Å². The summed E-state index contributed by atoms with van der Waals surface area (Å²) < 4.78 is 0. The Bertz CT molecular complexity index is 1930. The number of amides is 11. The second-order valence-electron chi connectivity index (χ2n) is 17.6. The van der Waals surface area contributed by atoms with Gasteiger partial charge in [-0.15, -0.1) is 0 Å². The largest absolute Gasteiger partial charge is 0.481 e. The molecule has 0 aromatic carbocycles. The summed E-state index contributed by atoms with van der Waals surface area (Å²) in [6.07, 6.45) is -1.18. The minimum absolute atomic E-state index is 0.0322. The lowest BCUT2D eigenvalue weighted by Gasteiger charge is -2.29. The minimum atomic E-state index is -1.86. The number of nitrogens with one attached hydrogen (secondary N) is 9. The van der Waals surface area contributed by atoms with E-state index >= 15 is 0 Å². The van der Waals surface area contributed by atoms with Crippen LogP contribution in [0.25, 0.3) is 0 Å². The summed E-state index contributed by atoms with van der Waals surface area (Å²) in [7, 11) is 0. The lowest BCUT2D eigenvalue weighted by Crippen LogP contribution is -2.61. The molecule has 0 aliphatic rings. The van der Waals surface area contributed by atoms with E-state index in [9.17, 15) is 77.6 Å². The number of nitrogens with two attached hydrogens (primary N) is 4. The predicted octanol–water partition coefficient (Wildman–Crippen LogP) is -7.35. The maximum atomic E-state index is 14.0. The molecule has 0 aliphatic carbocycles. The molecule has 11 amide bonds. The third-order valence-corrected chi connectivity index (χ3v) is 11.3. The molecule has 0 bridgehead atoms. The number of aliphatic carboxylic acids is 1. The molecular weight excluding hydrogens is 987 g/mol. The first-order valence-electron chi connectivity index (χ1n) is 23.4. The first-order chi connectivity index (χ1) is 34.2. The van der Waals surface area contributed by atoms with Gasteiger partial charge in [-0.1, -0.05) is 34.1 Å². The van der Waals surface area contributed by atoms with Crippen molar-refractivity contribution in [3.05, 3.63) is 0 Å². The third kappa shape index (κ3) is 25.6. The van der Waals surface area contributed by atoms with Crippen molar-refractivity contribution in [1.82, 2.24) is 47.9 Å². The highest BCUT2D eigenvalue weighted by Gasteiger charge is 2.36. The van der Waals surface area contributed by atoms with Gasteiger partial charge in [0.05, 0.1) is 38.1 Å². The highest BCUT2D eigenvalue weighted by atomic mass is 32.1. The highest BCUT2D eigenvalue weighted by molar-refractivity contribution is 7.80. The minimum Gasteiger partial charge on any atom is -0.481 e. The van der Waals surface area contributed by atoms with Crippen molar-refractivity contribution in [2.45, 2.75) is 153 Å². The number of primary amides is 2. The standard InChI is InChI=1S/C43H75N13O16S/c1-6-21(4)34(43(72)53-28(15-33(62)63)40(69)51-26(10-11-31(46)60)37(66)49-23(16-57)13-20(2)3)56-38(67)25(9-7-8-12-44)50-35(64)22(5)48-39(68)27(14-32(47)61)52-41(70)30(18-59)55-42(71)29(17-58)54-36(65)24(45)19-73/h16,20-30,34,58-59,73H,6-15,17-19,44-45H2,1-5H3,(H2,46,60)(H2,47,61)(H,48,68)(H,49,66)(H,50,64)(H,51,69)(H,52,70)(H,53,72)(H,54,65)(H,55,71)(H,56,67)(H,62,63)/t21-,22-,23-,24-,25-,26-,27-,28-,29-,30-,34-/m0/s1. The summed E-state index contributed by atoms with van der Waals surface area (Å²) in [5, 5.41) is 49.9. The summed E-state index contributed by atoms with van der Waals surface area (Å²) in [6, 6.07) is -15.2. The molecular formula is C43H75N13O16S. The van der Waals surface area contributed by atoms with E-state index in [0.29, 0.717) is 12.7 Å². The van der Waals surface area contributed by atoms with Gasteiger partial charge in [-0.25, -0.2) is 0 Å². The molecule has 0 heterocycles. The molecule has 20 N–H and O–H groups in total. The topological polar surface area (TPSA) is 495 Å². The Morgan fingerprint density at radius 2 is 1.01 bits per heavy atom. The molecule has 0 radical (unpaired) electrons. The highest BCUT2D eigenvalue weighted by Crippen LogP contribution is 2.12. The summed E-state index contributed by atoms with van der Waals surface area (Å²) in [4.78, 5) is 167. The van der Waals surface area contributed by atoms with Crippen LogP contribution in [0.1, 0.15) is 92.4 Å². The van der Waals surface area contributed by atoms with Gasteiger partial charge in [0.25, 0.3) is 0 Å². The number of carboxylic acid groups (broad SMARTS) is 1. The molecule has 73 heavy (non-hydrogen) atoms. The summed E-state index contributed by atoms with van der Waals surface area (Å²) in [5.41, 5.74) is 21.8. The van der Waals surface area contributed by atoms with E-state index in [4.69, 9.17) is 22.9 Å². The van der Waals surface area contributed by atoms with Crippen molar-refractivity contribution in [3.63, 3.8) is 0 Å². The van der Waals surface area contributed by atoms with Crippen LogP contribution < -0.4 is 70.8 Å². The average molecular weight is 1060 g/mol. The number of rotatable bonds is 37. The quantitative estimate of drug-likeness (QED) is 0.0156. The zero-order valence-corrected chi connectivity index (χ0v) is 42.5. The average Bonchev–Trinajstić information content (AvgIpc) is 3.32. The van der Waals surface area contributed by atoms with Crippen LogP contribution in [-0.4, -0.2) is 178 Å². The summed E-state index contributed by atoms with van der Waals surface area (Å²) >= 11 is 3.87. The monoisotopic (exact) mass is 1060 g/mol. The molecule has 0 saturated heterocycles. The van der Waals surface area contributed by atoms with Crippen LogP contribution in [-0.2, 0) is 62.3 Å². The number of aliphatic hydroxyl groups is 2. The van der Waals surface area contributed by atoms with Crippen molar-refractivity contribution >= 4 is 89.9 Å². The summed E-state index contributed by atoms with van der Waals surface area (Å²) in [5.74, 6) is -13.9. The number of unbranched alkanes of at least 4 members (excludes halogenated alkanes) is 1. The number of hydrogen-bond acceptors (Lipinski definition) is 18. The van der Waals surface area contributed by atoms with E-state index in [1.807, 2.05) is 0 Å². The zero-order chi connectivity index (χ0) is 56.1. The van der Waals surface area contributed by atoms with Crippen LogP contribution in [0.15, 0.2) is 0 Å². The number of carboxylic acids is 1. The Morgan fingerprint density at radius 3 is 1.49 bits per heavy atom. The Morgan fingerprint density at radius 1 is 0.562 bits per heavy atom. The molecule has 0 aromatic heterocycles. The van der Waals surface area contributed by atoms with E-state index in [-0.39, 0.29) is 50.3 Å². The van der Waals surface area contributed by atoms with E-state index in [1.54, 1.807) is 27.7 Å². The second kappa shape index (κ2) is 34.8. The molecule has 0 unspecified atom stereocenters. The van der Waals surface area contributed by atoms with Gasteiger partial charge >= 0.3 is 5.97 Å². The molecule has 30 heteroatoms. The Balaban J connectivity index is 6.41. The van der Waals surface area contributed by atoms with Gasteiger partial charge in [-0.05, 0) is 57.4 Å². The molecule has 29 nitrogen and oxygen atoms in total. The number of thiol groups is 1. The van der Waals surface area contributed by atoms with E-state index in [1.165, 1.54) is 6.92 Å². The number of aldehydes is 1. The van der Waals surface area contributed by atoms with E-state index in [2.05, 4.69) is 60.5 Å².